The van der Waals surface area contributed by atoms with E-state index in [9.17, 15) is 8.42 Å². The molecule has 0 aliphatic carbocycles. The molecule has 120 valence electrons. The molecule has 1 rings (SSSR count). The van der Waals surface area contributed by atoms with Gasteiger partial charge >= 0.3 is 0 Å². The predicted octanol–water partition coefficient (Wildman–Crippen LogP) is 1.66. The fourth-order valence-electron chi connectivity index (χ4n) is 1.78. The first-order valence-electron chi connectivity index (χ1n) is 7.16. The monoisotopic (exact) mass is 315 g/mol. The lowest BCUT2D eigenvalue weighted by atomic mass is 10.1. The number of hydrogen-bond donors (Lipinski definition) is 2. The third kappa shape index (κ3) is 8.16. The largest absolute Gasteiger partial charge is 0.392 e. The van der Waals surface area contributed by atoms with E-state index in [-0.39, 0.29) is 18.9 Å². The molecule has 0 heterocycles. The summed E-state index contributed by atoms with van der Waals surface area (Å²) in [6.45, 7) is 5.45. The minimum Gasteiger partial charge on any atom is -0.392 e. The highest BCUT2D eigenvalue weighted by Gasteiger charge is 2.11. The van der Waals surface area contributed by atoms with Crippen LogP contribution in [-0.2, 0) is 27.1 Å². The fourth-order valence-corrected chi connectivity index (χ4v) is 2.89. The smallest absolute Gasteiger partial charge is 0.215 e. The maximum absolute atomic E-state index is 11.9. The Kier molecular flexibility index (Phi) is 7.88. The molecule has 2 N–H and O–H groups in total. The minimum absolute atomic E-state index is 0.0904. The van der Waals surface area contributed by atoms with Gasteiger partial charge < -0.3 is 9.84 Å². The summed E-state index contributed by atoms with van der Waals surface area (Å²) in [4.78, 5) is 0. The van der Waals surface area contributed by atoms with Crippen molar-refractivity contribution in [1.82, 2.24) is 4.72 Å². The Morgan fingerprint density at radius 1 is 1.24 bits per heavy atom. The van der Waals surface area contributed by atoms with Gasteiger partial charge in [0.05, 0.1) is 19.0 Å². The Bertz CT molecular complexity index is 514. The number of aliphatic hydroxyl groups is 1. The van der Waals surface area contributed by atoms with E-state index >= 15 is 0 Å². The Labute approximate surface area is 127 Å². The molecular weight excluding hydrogens is 290 g/mol. The van der Waals surface area contributed by atoms with Gasteiger partial charge in [0.2, 0.25) is 10.0 Å². The molecule has 0 amide bonds. The Morgan fingerprint density at radius 3 is 2.62 bits per heavy atom. The lowest BCUT2D eigenvalue weighted by molar-refractivity contribution is 0.128. The lowest BCUT2D eigenvalue weighted by Gasteiger charge is -2.09. The highest BCUT2D eigenvalue weighted by molar-refractivity contribution is 7.88. The molecule has 0 aromatic heterocycles. The van der Waals surface area contributed by atoms with Crippen LogP contribution in [0.3, 0.4) is 0 Å². The van der Waals surface area contributed by atoms with Gasteiger partial charge in [0, 0.05) is 13.2 Å². The minimum atomic E-state index is -3.37. The summed E-state index contributed by atoms with van der Waals surface area (Å²) in [7, 11) is -3.37. The third-order valence-corrected chi connectivity index (χ3v) is 4.30. The van der Waals surface area contributed by atoms with Crippen molar-refractivity contribution in [2.24, 2.45) is 5.92 Å². The van der Waals surface area contributed by atoms with Crippen LogP contribution in [-0.4, -0.2) is 33.3 Å². The summed E-state index contributed by atoms with van der Waals surface area (Å²) in [5, 5.41) is 9.04. The normalized spacial score (nSPS) is 12.0. The van der Waals surface area contributed by atoms with Crippen LogP contribution in [0.4, 0.5) is 0 Å². The molecule has 0 atom stereocenters. The highest BCUT2D eigenvalue weighted by Crippen LogP contribution is 2.08. The van der Waals surface area contributed by atoms with E-state index < -0.39 is 10.0 Å². The molecule has 21 heavy (non-hydrogen) atoms. The van der Waals surface area contributed by atoms with Crippen LogP contribution in [0.2, 0.25) is 0 Å². The Hall–Kier alpha value is -0.950. The van der Waals surface area contributed by atoms with E-state index in [1.807, 2.05) is 0 Å². The summed E-state index contributed by atoms with van der Waals surface area (Å²) in [6.07, 6.45) is 0.973. The van der Waals surface area contributed by atoms with Crippen LogP contribution in [0.25, 0.3) is 0 Å². The molecule has 5 nitrogen and oxygen atoms in total. The second kappa shape index (κ2) is 9.15. The van der Waals surface area contributed by atoms with Gasteiger partial charge in [-0.3, -0.25) is 0 Å². The van der Waals surface area contributed by atoms with E-state index in [4.69, 9.17) is 9.84 Å². The summed E-state index contributed by atoms with van der Waals surface area (Å²) >= 11 is 0. The van der Waals surface area contributed by atoms with Crippen LogP contribution in [0.1, 0.15) is 31.4 Å². The molecule has 1 aromatic carbocycles. The van der Waals surface area contributed by atoms with E-state index in [2.05, 4.69) is 18.6 Å². The van der Waals surface area contributed by atoms with E-state index in [1.165, 1.54) is 0 Å². The average Bonchev–Trinajstić information content (AvgIpc) is 2.42. The van der Waals surface area contributed by atoms with Crippen molar-refractivity contribution in [3.8, 4) is 0 Å². The van der Waals surface area contributed by atoms with Crippen molar-refractivity contribution >= 4 is 10.0 Å². The molecule has 0 fully saturated rings. The van der Waals surface area contributed by atoms with Crippen molar-refractivity contribution in [3.05, 3.63) is 35.4 Å². The van der Waals surface area contributed by atoms with Crippen molar-refractivity contribution in [2.45, 2.75) is 32.6 Å². The number of benzene rings is 1. The molecule has 1 aromatic rings. The third-order valence-electron chi connectivity index (χ3n) is 2.94. The summed E-state index contributed by atoms with van der Waals surface area (Å²) in [5.41, 5.74) is 1.37. The van der Waals surface area contributed by atoms with Gasteiger partial charge in [-0.05, 0) is 23.5 Å². The second-order valence-electron chi connectivity index (χ2n) is 5.43. The van der Waals surface area contributed by atoms with Crippen LogP contribution in [0.5, 0.6) is 0 Å². The van der Waals surface area contributed by atoms with Gasteiger partial charge in [0.25, 0.3) is 0 Å². The number of aliphatic hydroxyl groups excluding tert-OH is 1. The maximum Gasteiger partial charge on any atom is 0.215 e. The molecule has 0 saturated heterocycles. The molecule has 0 spiro atoms. The first-order valence-corrected chi connectivity index (χ1v) is 8.82. The average molecular weight is 315 g/mol. The summed E-state index contributed by atoms with van der Waals surface area (Å²) in [6, 6.07) is 6.92. The highest BCUT2D eigenvalue weighted by atomic mass is 32.2. The van der Waals surface area contributed by atoms with Gasteiger partial charge in [0.1, 0.15) is 0 Å². The van der Waals surface area contributed by atoms with Gasteiger partial charge in [-0.2, -0.15) is 0 Å². The summed E-state index contributed by atoms with van der Waals surface area (Å²) < 4.78 is 31.7. The number of sulfonamides is 1. The molecule has 0 saturated carbocycles. The van der Waals surface area contributed by atoms with Crippen molar-refractivity contribution in [3.63, 3.8) is 0 Å². The zero-order chi connectivity index (χ0) is 15.7. The fraction of sp³-hybridized carbons (Fsp3) is 0.600. The molecular formula is C15H25NO4S. The second-order valence-corrected chi connectivity index (χ2v) is 7.23. The Balaban J connectivity index is 2.33. The van der Waals surface area contributed by atoms with Crippen molar-refractivity contribution < 1.29 is 18.3 Å². The van der Waals surface area contributed by atoms with Crippen LogP contribution < -0.4 is 4.72 Å². The molecule has 0 aliphatic heterocycles. The van der Waals surface area contributed by atoms with Crippen molar-refractivity contribution in [2.75, 3.05) is 19.8 Å². The van der Waals surface area contributed by atoms with E-state index in [0.29, 0.717) is 30.3 Å². The van der Waals surface area contributed by atoms with Gasteiger partial charge in [-0.15, -0.1) is 0 Å². The molecule has 0 bridgehead atoms. The number of nitrogens with one attached hydrogen (secondary N) is 1. The van der Waals surface area contributed by atoms with Crippen LogP contribution in [0.15, 0.2) is 24.3 Å². The van der Waals surface area contributed by atoms with Gasteiger partial charge in [-0.1, -0.05) is 38.1 Å². The first kappa shape index (κ1) is 18.1. The molecule has 0 radical (unpaired) electrons. The molecule has 6 heteroatoms. The Morgan fingerprint density at radius 2 is 1.95 bits per heavy atom. The zero-order valence-electron chi connectivity index (χ0n) is 12.7. The van der Waals surface area contributed by atoms with E-state index in [0.717, 1.165) is 6.42 Å². The standard InChI is InChI=1S/C15H25NO4S/c1-13(2)6-8-20-9-7-16-21(18,19)12-15-5-3-4-14(10-15)11-17/h3-5,10,13,16-17H,6-9,11-12H2,1-2H3. The predicted molar refractivity (Wildman–Crippen MR) is 83.3 cm³/mol. The maximum atomic E-state index is 11.9. The number of hydrogen-bond acceptors (Lipinski definition) is 4. The quantitative estimate of drug-likeness (QED) is 0.644. The molecule has 0 unspecified atom stereocenters. The van der Waals surface area contributed by atoms with Gasteiger partial charge in [-0.25, -0.2) is 13.1 Å². The number of ether oxygens (including phenoxy) is 1. The van der Waals surface area contributed by atoms with Gasteiger partial charge in [0.15, 0.2) is 0 Å². The van der Waals surface area contributed by atoms with Crippen LogP contribution >= 0.6 is 0 Å². The van der Waals surface area contributed by atoms with E-state index in [1.54, 1.807) is 24.3 Å². The summed E-state index contributed by atoms with van der Waals surface area (Å²) in [5.74, 6) is 0.493. The zero-order valence-corrected chi connectivity index (χ0v) is 13.5. The molecule has 0 aliphatic rings. The van der Waals surface area contributed by atoms with Crippen molar-refractivity contribution in [1.29, 1.82) is 0 Å². The number of rotatable bonds is 10. The first-order chi connectivity index (χ1) is 9.93. The van der Waals surface area contributed by atoms with Crippen LogP contribution in [0, 0.1) is 5.92 Å². The topological polar surface area (TPSA) is 75.6 Å². The SMILES string of the molecule is CC(C)CCOCCNS(=O)(=O)Cc1cccc(CO)c1. The lowest BCUT2D eigenvalue weighted by Crippen LogP contribution is -2.28.